The molecule has 2 saturated heterocycles. The lowest BCUT2D eigenvalue weighted by Crippen LogP contribution is -2.50. The smallest absolute Gasteiger partial charge is 0.362 e. The zero-order valence-corrected chi connectivity index (χ0v) is 18.5. The fourth-order valence-corrected chi connectivity index (χ4v) is 6.40. The maximum Gasteiger partial charge on any atom is 0.362 e. The molecule has 2 bridgehead atoms. The number of nitrogens with zero attached hydrogens (tertiary/aromatic N) is 3. The van der Waals surface area contributed by atoms with Gasteiger partial charge in [0.25, 0.3) is 5.56 Å². The zero-order valence-electron chi connectivity index (χ0n) is 18.5. The monoisotopic (exact) mass is 423 g/mol. The molecule has 0 amide bonds. The van der Waals surface area contributed by atoms with Crippen molar-refractivity contribution < 1.29 is 9.53 Å². The fourth-order valence-electron chi connectivity index (χ4n) is 6.40. The number of piperidine rings is 1. The summed E-state index contributed by atoms with van der Waals surface area (Å²) in [4.78, 5) is 33.1. The lowest BCUT2D eigenvalue weighted by atomic mass is 9.92. The average Bonchev–Trinajstić information content (AvgIpc) is 2.96. The molecule has 1 saturated carbocycles. The number of benzene rings is 1. The predicted molar refractivity (Wildman–Crippen MR) is 120 cm³/mol. The predicted octanol–water partition coefficient (Wildman–Crippen LogP) is 4.46. The van der Waals surface area contributed by atoms with Gasteiger partial charge in [0.1, 0.15) is 0 Å². The van der Waals surface area contributed by atoms with Gasteiger partial charge in [0.15, 0.2) is 0 Å². The number of aromatic nitrogens is 2. The summed E-state index contributed by atoms with van der Waals surface area (Å²) in [5.74, 6) is -0.620. The van der Waals surface area contributed by atoms with E-state index >= 15 is 0 Å². The third-order valence-corrected chi connectivity index (χ3v) is 7.64. The van der Waals surface area contributed by atoms with E-state index in [0.29, 0.717) is 23.6 Å². The average molecular weight is 424 g/mol. The minimum absolute atomic E-state index is 0.0842. The van der Waals surface area contributed by atoms with Crippen LogP contribution in [0.15, 0.2) is 29.1 Å². The molecule has 1 aromatic heterocycles. The van der Waals surface area contributed by atoms with Gasteiger partial charge in [-0.3, -0.25) is 9.69 Å². The number of rotatable bonds is 4. The highest BCUT2D eigenvalue weighted by molar-refractivity contribution is 5.89. The van der Waals surface area contributed by atoms with Gasteiger partial charge in [-0.2, -0.15) is 0 Å². The van der Waals surface area contributed by atoms with E-state index in [4.69, 9.17) is 4.74 Å². The van der Waals surface area contributed by atoms with Crippen molar-refractivity contribution in [1.29, 1.82) is 0 Å². The lowest BCUT2D eigenvalue weighted by molar-refractivity contribution is 0.0505. The number of hydrogen-bond acceptors (Lipinski definition) is 5. The van der Waals surface area contributed by atoms with Crippen molar-refractivity contribution in [2.75, 3.05) is 6.61 Å². The van der Waals surface area contributed by atoms with Crippen LogP contribution in [0.5, 0.6) is 0 Å². The molecule has 3 aliphatic rings. The summed E-state index contributed by atoms with van der Waals surface area (Å²) in [5, 5.41) is 0. The van der Waals surface area contributed by atoms with Crippen LogP contribution in [0.2, 0.25) is 0 Å². The first kappa shape index (κ1) is 20.7. The van der Waals surface area contributed by atoms with E-state index < -0.39 is 5.97 Å². The Labute approximate surface area is 183 Å². The first-order chi connectivity index (χ1) is 15.2. The molecule has 0 spiro atoms. The van der Waals surface area contributed by atoms with Crippen LogP contribution in [0.1, 0.15) is 87.7 Å². The minimum atomic E-state index is -0.620. The maximum atomic E-state index is 13.4. The molecule has 6 heteroatoms. The minimum Gasteiger partial charge on any atom is -0.461 e. The number of carbonyl (C=O) groups is 1. The summed E-state index contributed by atoms with van der Waals surface area (Å²) >= 11 is 0. The number of fused-ring (bicyclic) bond motifs is 3. The SMILES string of the molecule is CCOC(=O)c1nc2ccccc2n([C@H]2C[C@H]3CC[C@@H](C2)N3C2CCCCCC2)c1=O. The van der Waals surface area contributed by atoms with Gasteiger partial charge in [-0.05, 0) is 57.6 Å². The van der Waals surface area contributed by atoms with Crippen LogP contribution in [0, 0.1) is 0 Å². The third-order valence-electron chi connectivity index (χ3n) is 7.64. The number of hydrogen-bond donors (Lipinski definition) is 0. The normalized spacial score (nSPS) is 27.3. The van der Waals surface area contributed by atoms with Crippen molar-refractivity contribution >= 4 is 17.0 Å². The van der Waals surface area contributed by atoms with Crippen molar-refractivity contribution in [1.82, 2.24) is 14.5 Å². The Morgan fingerprint density at radius 1 is 0.968 bits per heavy atom. The van der Waals surface area contributed by atoms with Crippen molar-refractivity contribution in [3.8, 4) is 0 Å². The summed E-state index contributed by atoms with van der Waals surface area (Å²) in [6, 6.07) is 9.57. The highest BCUT2D eigenvalue weighted by Crippen LogP contribution is 2.44. The standard InChI is InChI=1S/C25H33N3O3/c1-2-31-25(30)23-24(29)28(22-12-8-7-11-21(22)26-23)20-15-18-13-14-19(16-20)27(18)17-9-5-3-4-6-10-17/h7-8,11-12,17-20H,2-6,9-10,13-16H2,1H3/t18-,19+,20+. The molecule has 5 rings (SSSR count). The largest absolute Gasteiger partial charge is 0.461 e. The molecule has 3 fully saturated rings. The molecule has 6 nitrogen and oxygen atoms in total. The summed E-state index contributed by atoms with van der Waals surface area (Å²) in [5.41, 5.74) is 1.13. The lowest BCUT2D eigenvalue weighted by Gasteiger charge is -2.44. The molecule has 0 radical (unpaired) electrons. The Morgan fingerprint density at radius 2 is 1.65 bits per heavy atom. The van der Waals surface area contributed by atoms with Crippen LogP contribution in [0.25, 0.3) is 11.0 Å². The van der Waals surface area contributed by atoms with Crippen LogP contribution in [-0.2, 0) is 4.74 Å². The van der Waals surface area contributed by atoms with E-state index in [0.717, 1.165) is 18.4 Å². The Balaban J connectivity index is 1.50. The summed E-state index contributed by atoms with van der Waals surface area (Å²) in [6.45, 7) is 1.98. The molecule has 0 unspecified atom stereocenters. The van der Waals surface area contributed by atoms with E-state index in [-0.39, 0.29) is 23.9 Å². The van der Waals surface area contributed by atoms with E-state index in [1.165, 1.54) is 51.4 Å². The van der Waals surface area contributed by atoms with Crippen LogP contribution in [0.4, 0.5) is 0 Å². The first-order valence-electron chi connectivity index (χ1n) is 12.1. The quantitative estimate of drug-likeness (QED) is 0.536. The van der Waals surface area contributed by atoms with Gasteiger partial charge in [0.05, 0.1) is 17.6 Å². The molecular formula is C25H33N3O3. The second-order valence-corrected chi connectivity index (χ2v) is 9.45. The number of carbonyl (C=O) groups excluding carboxylic acids is 1. The van der Waals surface area contributed by atoms with Gasteiger partial charge in [-0.25, -0.2) is 9.78 Å². The summed E-state index contributed by atoms with van der Waals surface area (Å²) < 4.78 is 7.01. The molecule has 166 valence electrons. The van der Waals surface area contributed by atoms with Crippen molar-refractivity contribution in [2.45, 2.75) is 95.3 Å². The van der Waals surface area contributed by atoms with Crippen LogP contribution in [-0.4, -0.2) is 45.2 Å². The Morgan fingerprint density at radius 3 is 2.32 bits per heavy atom. The molecular weight excluding hydrogens is 390 g/mol. The van der Waals surface area contributed by atoms with Gasteiger partial charge >= 0.3 is 5.97 Å². The van der Waals surface area contributed by atoms with E-state index in [1.807, 2.05) is 28.8 Å². The highest BCUT2D eigenvalue weighted by Gasteiger charge is 2.44. The summed E-state index contributed by atoms with van der Waals surface area (Å²) in [6.07, 6.45) is 12.5. The van der Waals surface area contributed by atoms with Gasteiger partial charge in [-0.15, -0.1) is 0 Å². The van der Waals surface area contributed by atoms with Gasteiger partial charge < -0.3 is 9.30 Å². The van der Waals surface area contributed by atoms with Crippen LogP contribution in [0.3, 0.4) is 0 Å². The molecule has 1 aliphatic carbocycles. The molecule has 31 heavy (non-hydrogen) atoms. The van der Waals surface area contributed by atoms with Crippen molar-refractivity contribution in [2.24, 2.45) is 0 Å². The van der Waals surface area contributed by atoms with Crippen LogP contribution < -0.4 is 5.56 Å². The number of ether oxygens (including phenoxy) is 1. The van der Waals surface area contributed by atoms with Crippen molar-refractivity contribution in [3.05, 3.63) is 40.3 Å². The van der Waals surface area contributed by atoms with Crippen molar-refractivity contribution in [3.63, 3.8) is 0 Å². The molecule has 0 N–H and O–H groups in total. The number of esters is 1. The topological polar surface area (TPSA) is 64.4 Å². The zero-order chi connectivity index (χ0) is 21.4. The Bertz CT molecular complexity index is 995. The van der Waals surface area contributed by atoms with Gasteiger partial charge in [0.2, 0.25) is 5.69 Å². The first-order valence-corrected chi connectivity index (χ1v) is 12.1. The molecule has 3 atom stereocenters. The Hall–Kier alpha value is -2.21. The third kappa shape index (κ3) is 3.79. The van der Waals surface area contributed by atoms with E-state index in [9.17, 15) is 9.59 Å². The highest BCUT2D eigenvalue weighted by atomic mass is 16.5. The molecule has 2 aromatic rings. The van der Waals surface area contributed by atoms with Gasteiger partial charge in [0, 0.05) is 24.2 Å². The molecule has 3 heterocycles. The van der Waals surface area contributed by atoms with E-state index in [1.54, 1.807) is 6.92 Å². The Kier molecular flexibility index (Phi) is 5.83. The summed E-state index contributed by atoms with van der Waals surface area (Å²) in [7, 11) is 0. The van der Waals surface area contributed by atoms with E-state index in [2.05, 4.69) is 9.88 Å². The maximum absolute atomic E-state index is 13.4. The van der Waals surface area contributed by atoms with Gasteiger partial charge in [-0.1, -0.05) is 37.8 Å². The number of para-hydroxylation sites is 2. The molecule has 1 aromatic carbocycles. The molecule has 2 aliphatic heterocycles. The van der Waals surface area contributed by atoms with Crippen LogP contribution >= 0.6 is 0 Å². The fraction of sp³-hybridized carbons (Fsp3) is 0.640. The second kappa shape index (κ2) is 8.73. The second-order valence-electron chi connectivity index (χ2n) is 9.45.